The Bertz CT molecular complexity index is 867. The van der Waals surface area contributed by atoms with Crippen LogP contribution in [-0.4, -0.2) is 43.6 Å². The monoisotopic (exact) mass is 357 g/mol. The number of aromatic nitrogens is 4. The lowest BCUT2D eigenvalue weighted by molar-refractivity contribution is -0.132. The minimum absolute atomic E-state index is 0.198. The minimum Gasteiger partial charge on any atom is -0.342 e. The van der Waals surface area contributed by atoms with Gasteiger partial charge in [0.25, 0.3) is 5.56 Å². The van der Waals surface area contributed by atoms with Crippen LogP contribution in [-0.2, 0) is 11.2 Å². The van der Waals surface area contributed by atoms with Crippen LogP contribution in [0.25, 0.3) is 5.95 Å². The molecule has 1 amide bonds. The number of aromatic amines is 1. The van der Waals surface area contributed by atoms with E-state index in [1.54, 1.807) is 11.6 Å². The van der Waals surface area contributed by atoms with Crippen molar-refractivity contribution in [2.45, 2.75) is 53.4 Å². The zero-order valence-electron chi connectivity index (χ0n) is 16.0. The van der Waals surface area contributed by atoms with Crippen LogP contribution in [0.1, 0.15) is 48.8 Å². The molecule has 0 aromatic carbocycles. The topological polar surface area (TPSA) is 83.9 Å². The quantitative estimate of drug-likeness (QED) is 0.908. The maximum atomic E-state index is 12.5. The molecule has 7 heteroatoms. The molecule has 1 aliphatic heterocycles. The predicted molar refractivity (Wildman–Crippen MR) is 99.5 cm³/mol. The molecule has 2 aromatic rings. The Morgan fingerprint density at radius 3 is 2.81 bits per heavy atom. The van der Waals surface area contributed by atoms with Crippen molar-refractivity contribution in [3.05, 3.63) is 39.1 Å². The normalized spacial score (nSPS) is 17.5. The van der Waals surface area contributed by atoms with Crippen molar-refractivity contribution in [3.8, 4) is 5.95 Å². The summed E-state index contributed by atoms with van der Waals surface area (Å²) >= 11 is 0. The largest absolute Gasteiger partial charge is 0.342 e. The molecule has 3 heterocycles. The highest BCUT2D eigenvalue weighted by Crippen LogP contribution is 2.20. The molecule has 1 unspecified atom stereocenters. The summed E-state index contributed by atoms with van der Waals surface area (Å²) in [5, 5.41) is 4.52. The average molecular weight is 357 g/mol. The molecule has 0 spiro atoms. The van der Waals surface area contributed by atoms with Gasteiger partial charge in [-0.2, -0.15) is 5.10 Å². The highest BCUT2D eigenvalue weighted by Gasteiger charge is 2.22. The minimum atomic E-state index is -0.198. The van der Waals surface area contributed by atoms with Crippen LogP contribution in [0.3, 0.4) is 0 Å². The van der Waals surface area contributed by atoms with Gasteiger partial charge in [0.05, 0.1) is 5.69 Å². The number of likely N-dealkylation sites (tertiary alicyclic amines) is 1. The number of nitrogens with zero attached hydrogens (tertiary/aromatic N) is 4. The van der Waals surface area contributed by atoms with Crippen molar-refractivity contribution in [3.63, 3.8) is 0 Å². The van der Waals surface area contributed by atoms with Gasteiger partial charge in [0, 0.05) is 37.0 Å². The van der Waals surface area contributed by atoms with Gasteiger partial charge in [-0.05, 0) is 51.5 Å². The SMILES string of the molecule is Cc1cc(=O)[nH]c(-n2nc(C)c(CCC(=O)N3CCCC(C)C3)c2C)n1. The van der Waals surface area contributed by atoms with Gasteiger partial charge in [-0.15, -0.1) is 0 Å². The van der Waals surface area contributed by atoms with Crippen molar-refractivity contribution < 1.29 is 4.79 Å². The summed E-state index contributed by atoms with van der Waals surface area (Å²) in [4.78, 5) is 33.3. The second-order valence-electron chi connectivity index (χ2n) is 7.36. The first-order valence-electron chi connectivity index (χ1n) is 9.26. The fourth-order valence-electron chi connectivity index (χ4n) is 3.71. The highest BCUT2D eigenvalue weighted by molar-refractivity contribution is 5.76. The fraction of sp³-hybridized carbons (Fsp3) is 0.579. The Balaban J connectivity index is 1.76. The summed E-state index contributed by atoms with van der Waals surface area (Å²) < 4.78 is 1.66. The summed E-state index contributed by atoms with van der Waals surface area (Å²) in [6.07, 6.45) is 3.43. The van der Waals surface area contributed by atoms with Crippen molar-refractivity contribution in [1.29, 1.82) is 0 Å². The molecule has 1 aliphatic rings. The Kier molecular flexibility index (Phi) is 5.25. The van der Waals surface area contributed by atoms with Gasteiger partial charge in [0.1, 0.15) is 0 Å². The molecule has 1 atom stereocenters. The number of hydrogen-bond donors (Lipinski definition) is 1. The van der Waals surface area contributed by atoms with Gasteiger partial charge in [-0.25, -0.2) is 9.67 Å². The lowest BCUT2D eigenvalue weighted by Crippen LogP contribution is -2.39. The molecular formula is C19H27N5O2. The zero-order chi connectivity index (χ0) is 18.8. The number of hydrogen-bond acceptors (Lipinski definition) is 4. The molecule has 1 N–H and O–H groups in total. The van der Waals surface area contributed by atoms with Crippen molar-refractivity contribution >= 4 is 5.91 Å². The van der Waals surface area contributed by atoms with Crippen LogP contribution in [0, 0.1) is 26.7 Å². The van der Waals surface area contributed by atoms with Crippen molar-refractivity contribution in [2.75, 3.05) is 13.1 Å². The third-order valence-electron chi connectivity index (χ3n) is 5.10. The molecule has 7 nitrogen and oxygen atoms in total. The van der Waals surface area contributed by atoms with Gasteiger partial charge in [-0.3, -0.25) is 14.6 Å². The maximum absolute atomic E-state index is 12.5. The molecule has 26 heavy (non-hydrogen) atoms. The molecule has 0 bridgehead atoms. The van der Waals surface area contributed by atoms with Crippen LogP contribution in [0.5, 0.6) is 0 Å². The van der Waals surface area contributed by atoms with E-state index in [1.165, 1.54) is 12.5 Å². The Morgan fingerprint density at radius 1 is 1.35 bits per heavy atom. The number of carbonyl (C=O) groups excluding carboxylic acids is 1. The van der Waals surface area contributed by atoms with Gasteiger partial charge < -0.3 is 4.90 Å². The molecule has 3 rings (SSSR count). The van der Waals surface area contributed by atoms with E-state index < -0.39 is 0 Å². The van der Waals surface area contributed by atoms with Crippen LogP contribution in [0.15, 0.2) is 10.9 Å². The van der Waals surface area contributed by atoms with E-state index in [9.17, 15) is 9.59 Å². The first kappa shape index (κ1) is 18.4. The number of carbonyl (C=O) groups is 1. The Labute approximate surface area is 153 Å². The van der Waals surface area contributed by atoms with E-state index >= 15 is 0 Å². The number of nitrogens with one attached hydrogen (secondary N) is 1. The lowest BCUT2D eigenvalue weighted by atomic mass is 9.99. The van der Waals surface area contributed by atoms with E-state index in [-0.39, 0.29) is 11.5 Å². The fourth-order valence-corrected chi connectivity index (χ4v) is 3.71. The molecule has 0 saturated carbocycles. The number of rotatable bonds is 4. The lowest BCUT2D eigenvalue weighted by Gasteiger charge is -2.31. The van der Waals surface area contributed by atoms with E-state index in [4.69, 9.17) is 0 Å². The Morgan fingerprint density at radius 2 is 2.12 bits per heavy atom. The van der Waals surface area contributed by atoms with Crippen LogP contribution >= 0.6 is 0 Å². The van der Waals surface area contributed by atoms with E-state index in [1.807, 2.05) is 18.7 Å². The molecule has 2 aromatic heterocycles. The van der Waals surface area contributed by atoms with E-state index in [2.05, 4.69) is 22.0 Å². The van der Waals surface area contributed by atoms with E-state index in [0.717, 1.165) is 36.5 Å². The third kappa shape index (κ3) is 3.86. The molecule has 1 fully saturated rings. The molecular weight excluding hydrogens is 330 g/mol. The number of H-pyrrole nitrogens is 1. The third-order valence-corrected chi connectivity index (χ3v) is 5.10. The summed E-state index contributed by atoms with van der Waals surface area (Å²) in [7, 11) is 0. The summed E-state index contributed by atoms with van der Waals surface area (Å²) in [5.74, 6) is 1.21. The first-order chi connectivity index (χ1) is 12.3. The number of aryl methyl sites for hydroxylation is 2. The Hall–Kier alpha value is -2.44. The average Bonchev–Trinajstić information content (AvgIpc) is 2.86. The first-order valence-corrected chi connectivity index (χ1v) is 9.26. The van der Waals surface area contributed by atoms with Crippen LogP contribution in [0.2, 0.25) is 0 Å². The van der Waals surface area contributed by atoms with Gasteiger partial charge in [0.2, 0.25) is 11.9 Å². The second-order valence-corrected chi connectivity index (χ2v) is 7.36. The smallest absolute Gasteiger partial charge is 0.252 e. The highest BCUT2D eigenvalue weighted by atomic mass is 16.2. The van der Waals surface area contributed by atoms with Crippen LogP contribution in [0.4, 0.5) is 0 Å². The van der Waals surface area contributed by atoms with Crippen molar-refractivity contribution in [1.82, 2.24) is 24.6 Å². The summed E-state index contributed by atoms with van der Waals surface area (Å²) in [5.41, 5.74) is 3.28. The van der Waals surface area contributed by atoms with Gasteiger partial charge in [-0.1, -0.05) is 6.92 Å². The summed E-state index contributed by atoms with van der Waals surface area (Å²) in [6.45, 7) is 9.60. The standard InChI is InChI=1S/C19H27N5O2/c1-12-6-5-9-23(11-12)18(26)8-7-16-14(3)22-24(15(16)4)19-20-13(2)10-17(25)21-19/h10,12H,5-9,11H2,1-4H3,(H,20,21,25). The predicted octanol–water partition coefficient (Wildman–Crippen LogP) is 2.07. The van der Waals surface area contributed by atoms with Crippen molar-refractivity contribution in [2.24, 2.45) is 5.92 Å². The number of piperidine rings is 1. The van der Waals surface area contributed by atoms with E-state index in [0.29, 0.717) is 30.4 Å². The molecule has 0 aliphatic carbocycles. The summed E-state index contributed by atoms with van der Waals surface area (Å²) in [6, 6.07) is 1.45. The van der Waals surface area contributed by atoms with Gasteiger partial charge >= 0.3 is 0 Å². The van der Waals surface area contributed by atoms with Crippen LogP contribution < -0.4 is 5.56 Å². The van der Waals surface area contributed by atoms with Gasteiger partial charge in [0.15, 0.2) is 0 Å². The molecule has 1 saturated heterocycles. The zero-order valence-corrected chi connectivity index (χ0v) is 16.0. The second kappa shape index (κ2) is 7.43. The number of amides is 1. The molecule has 0 radical (unpaired) electrons. The maximum Gasteiger partial charge on any atom is 0.252 e. The molecule has 140 valence electrons.